The number of nitrogens with one attached hydrogen (secondary N) is 1. The van der Waals surface area contributed by atoms with Crippen LogP contribution in [0, 0.1) is 5.92 Å². The molecule has 2 fully saturated rings. The van der Waals surface area contributed by atoms with Crippen molar-refractivity contribution in [1.29, 1.82) is 0 Å². The molecule has 0 aromatic heterocycles. The van der Waals surface area contributed by atoms with E-state index in [1.54, 1.807) is 4.90 Å². The largest absolute Gasteiger partial charge is 0.388 e. The minimum atomic E-state index is -1.27. The highest BCUT2D eigenvalue weighted by atomic mass is 32.2. The van der Waals surface area contributed by atoms with E-state index in [1.165, 1.54) is 17.3 Å². The van der Waals surface area contributed by atoms with E-state index in [0.717, 1.165) is 12.8 Å². The van der Waals surface area contributed by atoms with Crippen molar-refractivity contribution in [3.63, 3.8) is 0 Å². The number of carbonyl (C=O) groups excluding carboxylic acids is 1. The summed E-state index contributed by atoms with van der Waals surface area (Å²) in [5.41, 5.74) is 0.814. The smallest absolute Gasteiger partial charge is 0.254 e. The van der Waals surface area contributed by atoms with Crippen LogP contribution in [-0.4, -0.2) is 75.6 Å². The summed E-state index contributed by atoms with van der Waals surface area (Å²) in [6.45, 7) is 3.97. The fourth-order valence-corrected chi connectivity index (χ4v) is 5.29. The molecule has 3 N–H and O–H groups in total. The van der Waals surface area contributed by atoms with Gasteiger partial charge in [-0.2, -0.15) is 0 Å². The number of aliphatic hydroxyl groups excluding tert-OH is 2. The summed E-state index contributed by atoms with van der Waals surface area (Å²) in [5, 5.41) is 24.8. The van der Waals surface area contributed by atoms with Crippen LogP contribution >= 0.6 is 11.8 Å². The lowest BCUT2D eigenvalue weighted by atomic mass is 9.97. The standard InChI is InChI=1S/C20H27N3O4S/c1-2-21-20-22-14-15(24)16(25)17(27-19(14)28-20)18(26)23-9-8-13(11-23)10-12-6-4-3-5-7-12/h3-7,13-17,19,24-25H,2,8-11H2,1H3,(H,21,22)/t13?,14-,15-,16+,17+,19-/m1/s1. The van der Waals surface area contributed by atoms with Crippen molar-refractivity contribution in [2.75, 3.05) is 19.6 Å². The Morgan fingerprint density at radius 2 is 2.11 bits per heavy atom. The Morgan fingerprint density at radius 3 is 2.86 bits per heavy atom. The van der Waals surface area contributed by atoms with E-state index < -0.39 is 29.8 Å². The monoisotopic (exact) mass is 405 g/mol. The van der Waals surface area contributed by atoms with Gasteiger partial charge in [0.25, 0.3) is 5.91 Å². The molecule has 1 aromatic rings. The third-order valence-corrected chi connectivity index (χ3v) is 6.70. The van der Waals surface area contributed by atoms with Crippen molar-refractivity contribution in [2.45, 2.75) is 49.6 Å². The maximum absolute atomic E-state index is 13.0. The predicted octanol–water partition coefficient (Wildman–Crippen LogP) is 0.605. The van der Waals surface area contributed by atoms with Gasteiger partial charge in [0, 0.05) is 19.6 Å². The molecule has 8 heteroatoms. The number of amides is 1. The second-order valence-corrected chi connectivity index (χ2v) is 8.69. The first kappa shape index (κ1) is 19.7. The Bertz CT molecular complexity index is 731. The zero-order chi connectivity index (χ0) is 19.7. The number of nitrogens with zero attached hydrogens (tertiary/aromatic N) is 2. The van der Waals surface area contributed by atoms with E-state index in [0.29, 0.717) is 30.7 Å². The van der Waals surface area contributed by atoms with Gasteiger partial charge in [0.2, 0.25) is 0 Å². The number of hydrogen-bond donors (Lipinski definition) is 3. The number of ether oxygens (including phenoxy) is 1. The zero-order valence-corrected chi connectivity index (χ0v) is 16.7. The summed E-state index contributed by atoms with van der Waals surface area (Å²) in [6, 6.07) is 9.71. The van der Waals surface area contributed by atoms with Crippen molar-refractivity contribution in [3.8, 4) is 0 Å². The Hall–Kier alpha value is -1.61. The van der Waals surface area contributed by atoms with Crippen LogP contribution in [0.3, 0.4) is 0 Å². The number of likely N-dealkylation sites (tertiary alicyclic amines) is 1. The molecule has 0 radical (unpaired) electrons. The van der Waals surface area contributed by atoms with Gasteiger partial charge in [-0.3, -0.25) is 9.79 Å². The van der Waals surface area contributed by atoms with Gasteiger partial charge < -0.3 is 25.2 Å². The number of carbonyl (C=O) groups is 1. The highest BCUT2D eigenvalue weighted by Crippen LogP contribution is 2.36. The number of aliphatic hydroxyl groups is 2. The Labute approximate surface area is 169 Å². The molecule has 0 aliphatic carbocycles. The van der Waals surface area contributed by atoms with Gasteiger partial charge in [-0.1, -0.05) is 42.1 Å². The molecule has 7 nitrogen and oxygen atoms in total. The Kier molecular flexibility index (Phi) is 5.91. The van der Waals surface area contributed by atoms with Crippen LogP contribution in [0.4, 0.5) is 0 Å². The maximum Gasteiger partial charge on any atom is 0.254 e. The molecule has 0 saturated carbocycles. The minimum Gasteiger partial charge on any atom is -0.388 e. The SMILES string of the molecule is CCNC1=N[C@@H]2[C@@H](O)[C@H](O)[C@@H](C(=O)N3CCC(Cc4ccccc4)C3)O[C@@H]2S1. The summed E-state index contributed by atoms with van der Waals surface area (Å²) in [5.74, 6) is 0.160. The first-order valence-electron chi connectivity index (χ1n) is 9.89. The summed E-state index contributed by atoms with van der Waals surface area (Å²) in [4.78, 5) is 19.2. The first-order chi connectivity index (χ1) is 13.6. The van der Waals surface area contributed by atoms with E-state index in [2.05, 4.69) is 22.4 Å². The number of amidine groups is 1. The highest BCUT2D eigenvalue weighted by Gasteiger charge is 2.51. The third-order valence-electron chi connectivity index (χ3n) is 5.60. The average molecular weight is 406 g/mol. The average Bonchev–Trinajstić information content (AvgIpc) is 3.32. The van der Waals surface area contributed by atoms with Crippen LogP contribution in [-0.2, 0) is 16.0 Å². The van der Waals surface area contributed by atoms with Crippen molar-refractivity contribution in [3.05, 3.63) is 35.9 Å². The topological polar surface area (TPSA) is 94.4 Å². The quantitative estimate of drug-likeness (QED) is 0.679. The highest BCUT2D eigenvalue weighted by molar-refractivity contribution is 8.14. The van der Waals surface area contributed by atoms with E-state index in [4.69, 9.17) is 4.74 Å². The fourth-order valence-electron chi connectivity index (χ4n) is 4.13. The molecule has 0 bridgehead atoms. The van der Waals surface area contributed by atoms with E-state index in [-0.39, 0.29) is 5.91 Å². The zero-order valence-electron chi connectivity index (χ0n) is 15.9. The van der Waals surface area contributed by atoms with Crippen molar-refractivity contribution in [1.82, 2.24) is 10.2 Å². The molecule has 6 atom stereocenters. The lowest BCUT2D eigenvalue weighted by Crippen LogP contribution is -2.59. The van der Waals surface area contributed by atoms with Crippen LogP contribution in [0.25, 0.3) is 0 Å². The van der Waals surface area contributed by atoms with E-state index >= 15 is 0 Å². The fraction of sp³-hybridized carbons (Fsp3) is 0.600. The van der Waals surface area contributed by atoms with Crippen LogP contribution in [0.15, 0.2) is 35.3 Å². The summed E-state index contributed by atoms with van der Waals surface area (Å²) in [6.07, 6.45) is -1.57. The number of benzene rings is 1. The van der Waals surface area contributed by atoms with E-state index in [9.17, 15) is 15.0 Å². The molecular formula is C20H27N3O4S. The molecule has 1 aromatic carbocycles. The molecule has 3 aliphatic heterocycles. The van der Waals surface area contributed by atoms with Crippen molar-refractivity contribution >= 4 is 22.8 Å². The van der Waals surface area contributed by atoms with Gasteiger partial charge >= 0.3 is 0 Å². The maximum atomic E-state index is 13.0. The molecule has 1 unspecified atom stereocenters. The third kappa shape index (κ3) is 3.91. The minimum absolute atomic E-state index is 0.238. The van der Waals surface area contributed by atoms with Gasteiger partial charge in [-0.05, 0) is 31.2 Å². The second kappa shape index (κ2) is 8.41. The Balaban J connectivity index is 1.37. The van der Waals surface area contributed by atoms with Gasteiger partial charge in [0.15, 0.2) is 11.3 Å². The molecule has 2 saturated heterocycles. The van der Waals surface area contributed by atoms with Gasteiger partial charge in [0.1, 0.15) is 23.7 Å². The van der Waals surface area contributed by atoms with Crippen LogP contribution in [0.5, 0.6) is 0 Å². The normalized spacial score (nSPS) is 34.8. The molecule has 1 amide bonds. The molecule has 152 valence electrons. The molecule has 3 heterocycles. The number of fused-ring (bicyclic) bond motifs is 1. The lowest BCUT2D eigenvalue weighted by molar-refractivity contribution is -0.178. The van der Waals surface area contributed by atoms with Crippen molar-refractivity contribution in [2.24, 2.45) is 10.9 Å². The molecule has 28 heavy (non-hydrogen) atoms. The van der Waals surface area contributed by atoms with Crippen LogP contribution in [0.1, 0.15) is 18.9 Å². The Morgan fingerprint density at radius 1 is 1.32 bits per heavy atom. The summed E-state index contributed by atoms with van der Waals surface area (Å²) >= 11 is 1.37. The van der Waals surface area contributed by atoms with Gasteiger partial charge in [-0.25, -0.2) is 0 Å². The summed E-state index contributed by atoms with van der Waals surface area (Å²) < 4.78 is 5.90. The number of rotatable bonds is 4. The number of thioether (sulfide) groups is 1. The predicted molar refractivity (Wildman–Crippen MR) is 108 cm³/mol. The molecule has 4 rings (SSSR count). The van der Waals surface area contributed by atoms with Crippen LogP contribution in [0.2, 0.25) is 0 Å². The number of hydrogen-bond acceptors (Lipinski definition) is 7. The number of aliphatic imine (C=N–C) groups is 1. The second-order valence-electron chi connectivity index (χ2n) is 7.61. The van der Waals surface area contributed by atoms with E-state index in [1.807, 2.05) is 25.1 Å². The molecule has 3 aliphatic rings. The van der Waals surface area contributed by atoms with Gasteiger partial charge in [-0.15, -0.1) is 0 Å². The molecule has 0 spiro atoms. The van der Waals surface area contributed by atoms with Gasteiger partial charge in [0.05, 0.1) is 0 Å². The van der Waals surface area contributed by atoms with Crippen LogP contribution < -0.4 is 5.32 Å². The van der Waals surface area contributed by atoms with Crippen molar-refractivity contribution < 1.29 is 19.7 Å². The molecular weight excluding hydrogens is 378 g/mol. The first-order valence-corrected chi connectivity index (χ1v) is 10.8. The summed E-state index contributed by atoms with van der Waals surface area (Å²) in [7, 11) is 0. The lowest BCUT2D eigenvalue weighted by Gasteiger charge is -2.38.